The zero-order chi connectivity index (χ0) is 11.7. The van der Waals surface area contributed by atoms with Crippen LogP contribution in [0.2, 0.25) is 0 Å². The van der Waals surface area contributed by atoms with Gasteiger partial charge in [0.25, 0.3) is 5.91 Å². The highest BCUT2D eigenvalue weighted by atomic mass is 32.1. The molecule has 5 nitrogen and oxygen atoms in total. The SMILES string of the molecule is CC(C)N1C(=O)CC(Nc2nccs2)C1=O. The third-order valence-corrected chi connectivity index (χ3v) is 3.13. The predicted molar refractivity (Wildman–Crippen MR) is 61.1 cm³/mol. The fourth-order valence-electron chi connectivity index (χ4n) is 1.75. The molecule has 0 aromatic carbocycles. The maximum absolute atomic E-state index is 11.9. The van der Waals surface area contributed by atoms with E-state index >= 15 is 0 Å². The van der Waals surface area contributed by atoms with Gasteiger partial charge in [-0.15, -0.1) is 11.3 Å². The minimum Gasteiger partial charge on any atom is -0.349 e. The van der Waals surface area contributed by atoms with E-state index in [2.05, 4.69) is 10.3 Å². The second kappa shape index (κ2) is 4.21. The minimum absolute atomic E-state index is 0.0805. The van der Waals surface area contributed by atoms with Crippen molar-refractivity contribution in [3.05, 3.63) is 11.6 Å². The normalized spacial score (nSPS) is 20.9. The summed E-state index contributed by atoms with van der Waals surface area (Å²) in [5, 5.41) is 5.48. The Labute approximate surface area is 97.5 Å². The van der Waals surface area contributed by atoms with Gasteiger partial charge in [-0.3, -0.25) is 14.5 Å². The summed E-state index contributed by atoms with van der Waals surface area (Å²) in [5.41, 5.74) is 0. The van der Waals surface area contributed by atoms with Gasteiger partial charge in [-0.25, -0.2) is 4.98 Å². The summed E-state index contributed by atoms with van der Waals surface area (Å²) in [7, 11) is 0. The van der Waals surface area contributed by atoms with Crippen LogP contribution < -0.4 is 5.32 Å². The Morgan fingerprint density at radius 1 is 1.56 bits per heavy atom. The number of carbonyl (C=O) groups is 2. The number of amides is 2. The smallest absolute Gasteiger partial charge is 0.252 e. The van der Waals surface area contributed by atoms with Crippen molar-refractivity contribution in [3.8, 4) is 0 Å². The highest BCUT2D eigenvalue weighted by molar-refractivity contribution is 7.13. The van der Waals surface area contributed by atoms with Gasteiger partial charge in [0, 0.05) is 17.6 Å². The van der Waals surface area contributed by atoms with Crippen LogP contribution in [0.3, 0.4) is 0 Å². The number of anilines is 1. The molecule has 1 aliphatic heterocycles. The monoisotopic (exact) mass is 239 g/mol. The van der Waals surface area contributed by atoms with Gasteiger partial charge in [0.15, 0.2) is 5.13 Å². The first-order chi connectivity index (χ1) is 7.59. The topological polar surface area (TPSA) is 62.3 Å². The number of nitrogens with zero attached hydrogens (tertiary/aromatic N) is 2. The average molecular weight is 239 g/mol. The molecule has 0 saturated carbocycles. The van der Waals surface area contributed by atoms with Crippen LogP contribution in [0.1, 0.15) is 20.3 Å². The number of carbonyl (C=O) groups excluding carboxylic acids is 2. The van der Waals surface area contributed by atoms with Gasteiger partial charge in [0.05, 0.1) is 6.42 Å². The summed E-state index contributed by atoms with van der Waals surface area (Å²) >= 11 is 1.42. The number of thiazole rings is 1. The molecule has 1 unspecified atom stereocenters. The summed E-state index contributed by atoms with van der Waals surface area (Å²) in [5.74, 6) is -0.274. The lowest BCUT2D eigenvalue weighted by Crippen LogP contribution is -2.39. The van der Waals surface area contributed by atoms with Crippen LogP contribution in [0.4, 0.5) is 5.13 Å². The molecule has 1 aromatic heterocycles. The molecule has 2 rings (SSSR count). The van der Waals surface area contributed by atoms with E-state index in [9.17, 15) is 9.59 Å². The summed E-state index contributed by atoms with van der Waals surface area (Å²) in [6.07, 6.45) is 1.88. The summed E-state index contributed by atoms with van der Waals surface area (Å²) in [6, 6.07) is -0.538. The highest BCUT2D eigenvalue weighted by Crippen LogP contribution is 2.21. The Morgan fingerprint density at radius 3 is 2.81 bits per heavy atom. The van der Waals surface area contributed by atoms with Gasteiger partial charge < -0.3 is 5.32 Å². The molecule has 1 atom stereocenters. The molecule has 6 heteroatoms. The molecule has 2 amide bonds. The lowest BCUT2D eigenvalue weighted by molar-refractivity contribution is -0.140. The largest absolute Gasteiger partial charge is 0.349 e. The number of imide groups is 1. The molecular weight excluding hydrogens is 226 g/mol. The maximum Gasteiger partial charge on any atom is 0.252 e. The Morgan fingerprint density at radius 2 is 2.31 bits per heavy atom. The second-order valence-electron chi connectivity index (χ2n) is 3.93. The van der Waals surface area contributed by atoms with Crippen molar-refractivity contribution in [2.75, 3.05) is 5.32 Å². The lowest BCUT2D eigenvalue weighted by atomic mass is 10.2. The van der Waals surface area contributed by atoms with Gasteiger partial charge in [-0.05, 0) is 13.8 Å². The Balaban J connectivity index is 2.09. The quantitative estimate of drug-likeness (QED) is 0.802. The molecular formula is C10H13N3O2S. The van der Waals surface area contributed by atoms with Gasteiger partial charge in [-0.1, -0.05) is 0 Å². The maximum atomic E-state index is 11.9. The van der Waals surface area contributed by atoms with E-state index in [1.54, 1.807) is 6.20 Å². The molecule has 0 bridgehead atoms. The molecule has 1 aromatic rings. The number of hydrogen-bond acceptors (Lipinski definition) is 5. The molecule has 1 saturated heterocycles. The first-order valence-electron chi connectivity index (χ1n) is 5.11. The van der Waals surface area contributed by atoms with Gasteiger partial charge >= 0.3 is 0 Å². The first-order valence-corrected chi connectivity index (χ1v) is 5.99. The highest BCUT2D eigenvalue weighted by Gasteiger charge is 2.40. The van der Waals surface area contributed by atoms with E-state index in [-0.39, 0.29) is 24.3 Å². The Bertz CT molecular complexity index is 402. The minimum atomic E-state index is -0.457. The van der Waals surface area contributed by atoms with E-state index in [0.29, 0.717) is 5.13 Å². The van der Waals surface area contributed by atoms with Crippen LogP contribution >= 0.6 is 11.3 Å². The van der Waals surface area contributed by atoms with Crippen LogP contribution in [0.25, 0.3) is 0 Å². The molecule has 2 heterocycles. The van der Waals surface area contributed by atoms with E-state index in [4.69, 9.17) is 0 Å². The number of hydrogen-bond donors (Lipinski definition) is 1. The van der Waals surface area contributed by atoms with Crippen molar-refractivity contribution in [1.82, 2.24) is 9.88 Å². The van der Waals surface area contributed by atoms with Crippen LogP contribution in [-0.4, -0.2) is 33.8 Å². The molecule has 1 aliphatic rings. The molecule has 16 heavy (non-hydrogen) atoms. The molecule has 0 aliphatic carbocycles. The van der Waals surface area contributed by atoms with E-state index in [1.165, 1.54) is 16.2 Å². The molecule has 0 spiro atoms. The van der Waals surface area contributed by atoms with Crippen molar-refractivity contribution in [2.45, 2.75) is 32.4 Å². The van der Waals surface area contributed by atoms with Crippen LogP contribution in [0.5, 0.6) is 0 Å². The Kier molecular flexibility index (Phi) is 2.91. The molecule has 0 radical (unpaired) electrons. The molecule has 86 valence electrons. The fourth-order valence-corrected chi connectivity index (χ4v) is 2.33. The Hall–Kier alpha value is -1.43. The van der Waals surface area contributed by atoms with E-state index < -0.39 is 6.04 Å². The molecule has 1 N–H and O–H groups in total. The standard InChI is InChI=1S/C10H13N3O2S/c1-6(2)13-8(14)5-7(9(13)15)12-10-11-3-4-16-10/h3-4,6-7H,5H2,1-2H3,(H,11,12). The van der Waals surface area contributed by atoms with Crippen LogP contribution in [-0.2, 0) is 9.59 Å². The number of aromatic nitrogens is 1. The number of nitrogens with one attached hydrogen (secondary N) is 1. The van der Waals surface area contributed by atoms with Crippen LogP contribution in [0, 0.1) is 0 Å². The fraction of sp³-hybridized carbons (Fsp3) is 0.500. The third-order valence-electron chi connectivity index (χ3n) is 2.43. The zero-order valence-corrected chi connectivity index (χ0v) is 9.95. The van der Waals surface area contributed by atoms with E-state index in [1.807, 2.05) is 19.2 Å². The number of rotatable bonds is 3. The summed E-state index contributed by atoms with van der Waals surface area (Å²) in [4.78, 5) is 28.9. The number of likely N-dealkylation sites (tertiary alicyclic amines) is 1. The first kappa shape index (κ1) is 11.1. The van der Waals surface area contributed by atoms with Crippen molar-refractivity contribution >= 4 is 28.3 Å². The van der Waals surface area contributed by atoms with Gasteiger partial charge in [0.1, 0.15) is 6.04 Å². The van der Waals surface area contributed by atoms with Crippen molar-refractivity contribution in [3.63, 3.8) is 0 Å². The van der Waals surface area contributed by atoms with Crippen LogP contribution in [0.15, 0.2) is 11.6 Å². The second-order valence-corrected chi connectivity index (χ2v) is 4.83. The predicted octanol–water partition coefficient (Wildman–Crippen LogP) is 1.09. The van der Waals surface area contributed by atoms with Gasteiger partial charge in [0.2, 0.25) is 5.91 Å². The molecule has 1 fully saturated rings. The summed E-state index contributed by atoms with van der Waals surface area (Å²) in [6.45, 7) is 3.67. The van der Waals surface area contributed by atoms with Gasteiger partial charge in [-0.2, -0.15) is 0 Å². The third kappa shape index (κ3) is 1.92. The average Bonchev–Trinajstić information content (AvgIpc) is 2.76. The van der Waals surface area contributed by atoms with Crippen molar-refractivity contribution in [2.24, 2.45) is 0 Å². The zero-order valence-electron chi connectivity index (χ0n) is 9.14. The van der Waals surface area contributed by atoms with Crippen molar-refractivity contribution in [1.29, 1.82) is 0 Å². The van der Waals surface area contributed by atoms with Crippen molar-refractivity contribution < 1.29 is 9.59 Å². The van der Waals surface area contributed by atoms with E-state index in [0.717, 1.165) is 0 Å². The lowest BCUT2D eigenvalue weighted by Gasteiger charge is -2.18. The summed E-state index contributed by atoms with van der Waals surface area (Å²) < 4.78 is 0.